The minimum atomic E-state index is -1.10. The summed E-state index contributed by atoms with van der Waals surface area (Å²) >= 11 is 9.35. The van der Waals surface area contributed by atoms with Crippen molar-refractivity contribution in [3.8, 4) is 5.75 Å². The van der Waals surface area contributed by atoms with E-state index < -0.39 is 5.97 Å². The second-order valence-electron chi connectivity index (χ2n) is 6.81. The molecule has 31 heavy (non-hydrogen) atoms. The summed E-state index contributed by atoms with van der Waals surface area (Å²) in [5.41, 5.74) is 3.23. The summed E-state index contributed by atoms with van der Waals surface area (Å²) < 4.78 is 6.58. The molecule has 160 valence electrons. The van der Waals surface area contributed by atoms with E-state index in [0.29, 0.717) is 23.7 Å². The van der Waals surface area contributed by atoms with Crippen LogP contribution in [0.15, 0.2) is 65.1 Å². The smallest absolute Gasteiger partial charge is 0.337 e. The van der Waals surface area contributed by atoms with Crippen molar-refractivity contribution in [2.45, 2.75) is 13.5 Å². The Morgan fingerprint density at radius 1 is 1.03 bits per heavy atom. The van der Waals surface area contributed by atoms with E-state index in [1.54, 1.807) is 12.1 Å². The van der Waals surface area contributed by atoms with Gasteiger partial charge in [0.15, 0.2) is 6.61 Å². The molecule has 3 aromatic rings. The molecule has 0 spiro atoms. The molecular weight excluding hydrogens is 484 g/mol. The zero-order chi connectivity index (χ0) is 22.4. The number of carbonyl (C=O) groups is 2. The molecule has 0 saturated carbocycles. The minimum absolute atomic E-state index is 0.0187. The summed E-state index contributed by atoms with van der Waals surface area (Å²) in [6, 6.07) is 17.7. The molecule has 6 nitrogen and oxygen atoms in total. The third-order valence-electron chi connectivity index (χ3n) is 4.40. The quantitative estimate of drug-likeness (QED) is 0.365. The van der Waals surface area contributed by atoms with Crippen LogP contribution in [0.5, 0.6) is 5.75 Å². The molecule has 0 fully saturated rings. The van der Waals surface area contributed by atoms with Crippen LogP contribution >= 0.6 is 27.5 Å². The fourth-order valence-electron chi connectivity index (χ4n) is 2.80. The summed E-state index contributed by atoms with van der Waals surface area (Å²) in [6.07, 6.45) is 0. The largest absolute Gasteiger partial charge is 0.483 e. The third-order valence-corrected chi connectivity index (χ3v) is 5.22. The van der Waals surface area contributed by atoms with Gasteiger partial charge < -0.3 is 20.5 Å². The summed E-state index contributed by atoms with van der Waals surface area (Å²) in [4.78, 5) is 23.5. The predicted octanol–water partition coefficient (Wildman–Crippen LogP) is 5.74. The van der Waals surface area contributed by atoms with Gasteiger partial charge in [0.05, 0.1) is 10.6 Å². The van der Waals surface area contributed by atoms with Gasteiger partial charge in [-0.25, -0.2) is 4.79 Å². The molecule has 3 N–H and O–H groups in total. The number of hydrogen-bond acceptors (Lipinski definition) is 4. The van der Waals surface area contributed by atoms with Crippen LogP contribution in [0.4, 0.5) is 11.4 Å². The van der Waals surface area contributed by atoms with Crippen molar-refractivity contribution >= 4 is 50.8 Å². The van der Waals surface area contributed by atoms with E-state index in [1.807, 2.05) is 43.3 Å². The highest BCUT2D eigenvalue weighted by Gasteiger charge is 2.11. The van der Waals surface area contributed by atoms with Crippen molar-refractivity contribution in [3.63, 3.8) is 0 Å². The van der Waals surface area contributed by atoms with Gasteiger partial charge in [-0.2, -0.15) is 0 Å². The number of aromatic carboxylic acids is 1. The molecule has 0 heterocycles. The monoisotopic (exact) mass is 502 g/mol. The van der Waals surface area contributed by atoms with Gasteiger partial charge >= 0.3 is 5.97 Å². The molecule has 0 atom stereocenters. The minimum Gasteiger partial charge on any atom is -0.483 e. The van der Waals surface area contributed by atoms with Crippen LogP contribution < -0.4 is 15.4 Å². The number of anilines is 2. The molecule has 3 rings (SSSR count). The van der Waals surface area contributed by atoms with Crippen molar-refractivity contribution < 1.29 is 19.4 Å². The molecule has 0 bridgehead atoms. The van der Waals surface area contributed by atoms with E-state index in [0.717, 1.165) is 15.6 Å². The number of amides is 1. The van der Waals surface area contributed by atoms with E-state index in [9.17, 15) is 14.7 Å². The highest BCUT2D eigenvalue weighted by atomic mass is 79.9. The average Bonchev–Trinajstić information content (AvgIpc) is 2.74. The maximum atomic E-state index is 12.2. The van der Waals surface area contributed by atoms with E-state index >= 15 is 0 Å². The first-order valence-corrected chi connectivity index (χ1v) is 10.5. The zero-order valence-electron chi connectivity index (χ0n) is 16.6. The van der Waals surface area contributed by atoms with Gasteiger partial charge in [0, 0.05) is 28.0 Å². The Kier molecular flexibility index (Phi) is 7.55. The average molecular weight is 504 g/mol. The van der Waals surface area contributed by atoms with Gasteiger partial charge in [-0.05, 0) is 55.5 Å². The number of benzene rings is 3. The predicted molar refractivity (Wildman–Crippen MR) is 125 cm³/mol. The number of hydrogen-bond donors (Lipinski definition) is 3. The maximum Gasteiger partial charge on any atom is 0.337 e. The van der Waals surface area contributed by atoms with Crippen LogP contribution in [0.1, 0.15) is 21.5 Å². The van der Waals surface area contributed by atoms with Crippen molar-refractivity contribution in [2.75, 3.05) is 17.2 Å². The number of rotatable bonds is 8. The molecule has 0 saturated heterocycles. The number of ether oxygens (including phenoxy) is 1. The van der Waals surface area contributed by atoms with Crippen LogP contribution in [-0.4, -0.2) is 23.6 Å². The maximum absolute atomic E-state index is 12.2. The van der Waals surface area contributed by atoms with Crippen molar-refractivity contribution in [3.05, 3.63) is 86.8 Å². The van der Waals surface area contributed by atoms with Gasteiger partial charge in [-0.1, -0.05) is 45.2 Å². The molecule has 0 radical (unpaired) electrons. The Bertz CT molecular complexity index is 1100. The summed E-state index contributed by atoms with van der Waals surface area (Å²) in [5, 5.41) is 15.3. The fraction of sp³-hybridized carbons (Fsp3) is 0.130. The third kappa shape index (κ3) is 6.47. The first-order valence-electron chi connectivity index (χ1n) is 9.36. The molecule has 0 aromatic heterocycles. The van der Waals surface area contributed by atoms with Gasteiger partial charge in [0.25, 0.3) is 5.91 Å². The molecule has 1 amide bonds. The number of halogens is 2. The van der Waals surface area contributed by atoms with Crippen molar-refractivity contribution in [1.82, 2.24) is 0 Å². The molecule has 0 aliphatic heterocycles. The lowest BCUT2D eigenvalue weighted by molar-refractivity contribution is -0.118. The SMILES string of the molecule is Cc1ccc(NC(=O)COc2ccc(Br)cc2CNc2ccc(Cl)c(C(=O)O)c2)cc1. The Morgan fingerprint density at radius 3 is 2.45 bits per heavy atom. The molecular formula is C23H20BrClN2O4. The molecule has 0 unspecified atom stereocenters. The normalized spacial score (nSPS) is 10.4. The molecule has 3 aromatic carbocycles. The number of carboxylic acid groups (broad SMARTS) is 1. The second kappa shape index (κ2) is 10.3. The highest BCUT2D eigenvalue weighted by Crippen LogP contribution is 2.26. The van der Waals surface area contributed by atoms with E-state index in [1.165, 1.54) is 12.1 Å². The van der Waals surface area contributed by atoms with E-state index in [4.69, 9.17) is 16.3 Å². The summed E-state index contributed by atoms with van der Waals surface area (Å²) in [6.45, 7) is 2.19. The molecule has 0 aliphatic rings. The van der Waals surface area contributed by atoms with Gasteiger partial charge in [-0.3, -0.25) is 4.79 Å². The van der Waals surface area contributed by atoms with E-state index in [-0.39, 0.29) is 23.1 Å². The van der Waals surface area contributed by atoms with Crippen molar-refractivity contribution in [2.24, 2.45) is 0 Å². The van der Waals surface area contributed by atoms with E-state index in [2.05, 4.69) is 26.6 Å². The standard InChI is InChI=1S/C23H20BrClN2O4/c1-14-2-5-17(6-3-14)27-22(28)13-31-21-9-4-16(24)10-15(21)12-26-18-7-8-20(25)19(11-18)23(29)30/h2-11,26H,12-13H2,1H3,(H,27,28)(H,29,30). The van der Waals surface area contributed by atoms with Gasteiger partial charge in [0.2, 0.25) is 0 Å². The second-order valence-corrected chi connectivity index (χ2v) is 8.13. The van der Waals surface area contributed by atoms with Crippen LogP contribution in [0.3, 0.4) is 0 Å². The lowest BCUT2D eigenvalue weighted by Gasteiger charge is -2.14. The zero-order valence-corrected chi connectivity index (χ0v) is 19.0. The lowest BCUT2D eigenvalue weighted by Crippen LogP contribution is -2.20. The Labute approximate surface area is 193 Å². The van der Waals surface area contributed by atoms with Crippen LogP contribution in [0.25, 0.3) is 0 Å². The topological polar surface area (TPSA) is 87.7 Å². The number of aryl methyl sites for hydroxylation is 1. The number of carbonyl (C=O) groups excluding carboxylic acids is 1. The van der Waals surface area contributed by atoms with Crippen molar-refractivity contribution in [1.29, 1.82) is 0 Å². The first-order chi connectivity index (χ1) is 14.8. The summed E-state index contributed by atoms with van der Waals surface area (Å²) in [5.74, 6) is -0.823. The Hall–Kier alpha value is -3.03. The van der Waals surface area contributed by atoms with Crippen LogP contribution in [0.2, 0.25) is 5.02 Å². The first kappa shape index (κ1) is 22.7. The Morgan fingerprint density at radius 2 is 1.74 bits per heavy atom. The van der Waals surface area contributed by atoms with Gasteiger partial charge in [0.1, 0.15) is 5.75 Å². The van der Waals surface area contributed by atoms with Crippen LogP contribution in [-0.2, 0) is 11.3 Å². The number of nitrogens with one attached hydrogen (secondary N) is 2. The van der Waals surface area contributed by atoms with Crippen LogP contribution in [0, 0.1) is 6.92 Å². The molecule has 0 aliphatic carbocycles. The number of carboxylic acids is 1. The summed E-state index contributed by atoms with van der Waals surface area (Å²) in [7, 11) is 0. The highest BCUT2D eigenvalue weighted by molar-refractivity contribution is 9.10. The Balaban J connectivity index is 1.65. The fourth-order valence-corrected chi connectivity index (χ4v) is 3.41. The lowest BCUT2D eigenvalue weighted by atomic mass is 10.1. The van der Waals surface area contributed by atoms with Gasteiger partial charge in [-0.15, -0.1) is 0 Å². The molecule has 8 heteroatoms.